The van der Waals surface area contributed by atoms with Crippen LogP contribution in [-0.2, 0) is 24.3 Å². The highest BCUT2D eigenvalue weighted by Crippen LogP contribution is 2.22. The van der Waals surface area contributed by atoms with Crippen molar-refractivity contribution in [3.63, 3.8) is 0 Å². The summed E-state index contributed by atoms with van der Waals surface area (Å²) in [7, 11) is -0.747. The maximum Gasteiger partial charge on any atom is 0.330 e. The molecule has 0 fully saturated rings. The predicted octanol–water partition coefficient (Wildman–Crippen LogP) is 1.69. The fraction of sp³-hybridized carbons (Fsp3) is 0.375. The molecular formula is C16H22N2O5S. The summed E-state index contributed by atoms with van der Waals surface area (Å²) in [4.78, 5) is 23.2. The summed E-state index contributed by atoms with van der Waals surface area (Å²) < 4.78 is 30.4. The van der Waals surface area contributed by atoms with E-state index in [2.05, 4.69) is 5.32 Å². The number of nitrogens with one attached hydrogen (secondary N) is 1. The second-order valence-electron chi connectivity index (χ2n) is 5.23. The van der Waals surface area contributed by atoms with Crippen LogP contribution < -0.4 is 5.32 Å². The molecule has 0 heterocycles. The average molecular weight is 354 g/mol. The molecule has 1 aromatic carbocycles. The van der Waals surface area contributed by atoms with Gasteiger partial charge in [0.25, 0.3) is 5.91 Å². The molecule has 0 saturated heterocycles. The Kier molecular flexibility index (Phi) is 7.12. The van der Waals surface area contributed by atoms with Crippen LogP contribution >= 0.6 is 0 Å². The molecule has 0 aliphatic rings. The summed E-state index contributed by atoms with van der Waals surface area (Å²) in [5, 5.41) is 2.51. The van der Waals surface area contributed by atoms with Crippen LogP contribution in [0.5, 0.6) is 0 Å². The number of ether oxygens (including phenoxy) is 1. The van der Waals surface area contributed by atoms with E-state index in [-0.39, 0.29) is 4.90 Å². The number of carbonyl (C=O) groups is 2. The van der Waals surface area contributed by atoms with E-state index < -0.39 is 28.5 Å². The number of carbonyl (C=O) groups excluding carboxylic acids is 2. The number of anilines is 1. The van der Waals surface area contributed by atoms with Gasteiger partial charge in [-0.2, -0.15) is 0 Å². The fourth-order valence-corrected chi connectivity index (χ4v) is 2.89. The van der Waals surface area contributed by atoms with Crippen molar-refractivity contribution in [1.82, 2.24) is 4.31 Å². The molecule has 0 aliphatic carbocycles. The molecule has 0 aromatic heterocycles. The smallest absolute Gasteiger partial charge is 0.330 e. The van der Waals surface area contributed by atoms with Crippen molar-refractivity contribution in [3.05, 3.63) is 35.9 Å². The molecule has 0 bridgehead atoms. The van der Waals surface area contributed by atoms with Gasteiger partial charge in [-0.1, -0.05) is 19.1 Å². The Morgan fingerprint density at radius 3 is 2.54 bits per heavy atom. The highest BCUT2D eigenvalue weighted by molar-refractivity contribution is 7.89. The van der Waals surface area contributed by atoms with Crippen molar-refractivity contribution in [2.45, 2.75) is 25.2 Å². The van der Waals surface area contributed by atoms with Gasteiger partial charge in [-0.15, -0.1) is 0 Å². The molecule has 0 aliphatic heterocycles. The lowest BCUT2D eigenvalue weighted by atomic mass is 10.2. The molecule has 1 amide bonds. The van der Waals surface area contributed by atoms with E-state index in [0.29, 0.717) is 17.7 Å². The Hall–Kier alpha value is -2.19. The molecule has 24 heavy (non-hydrogen) atoms. The van der Waals surface area contributed by atoms with Crippen LogP contribution in [-0.4, -0.2) is 45.3 Å². The summed E-state index contributed by atoms with van der Waals surface area (Å²) in [6, 6.07) is 4.56. The number of rotatable bonds is 7. The number of amides is 1. The lowest BCUT2D eigenvalue weighted by Crippen LogP contribution is -2.24. The predicted molar refractivity (Wildman–Crippen MR) is 91.1 cm³/mol. The number of allylic oxidation sites excluding steroid dienone is 1. The van der Waals surface area contributed by atoms with Crippen LogP contribution in [0.15, 0.2) is 35.2 Å². The SMILES string of the molecule is CC/C=C/C(=O)OCC(=O)Nc1ccc(C)c(S(=O)(=O)N(C)C)c1. The molecule has 8 heteroatoms. The van der Waals surface area contributed by atoms with Crippen LogP contribution in [0.1, 0.15) is 18.9 Å². The van der Waals surface area contributed by atoms with Crippen molar-refractivity contribution >= 4 is 27.6 Å². The minimum Gasteiger partial charge on any atom is -0.452 e. The molecule has 1 N–H and O–H groups in total. The van der Waals surface area contributed by atoms with Crippen molar-refractivity contribution in [1.29, 1.82) is 0 Å². The highest BCUT2D eigenvalue weighted by Gasteiger charge is 2.20. The standard InChI is InChI=1S/C16H22N2O5S/c1-5-6-7-16(20)23-11-15(19)17-13-9-8-12(2)14(10-13)24(21,22)18(3)4/h6-10H,5,11H2,1-4H3,(H,17,19)/b7-6+. The fourth-order valence-electron chi connectivity index (χ4n) is 1.75. The first-order valence-corrected chi connectivity index (χ1v) is 8.78. The van der Waals surface area contributed by atoms with E-state index in [4.69, 9.17) is 4.74 Å². The average Bonchev–Trinajstić information content (AvgIpc) is 2.52. The van der Waals surface area contributed by atoms with E-state index in [1.54, 1.807) is 25.1 Å². The second kappa shape index (κ2) is 8.60. The quantitative estimate of drug-likeness (QED) is 0.594. The third-order valence-corrected chi connectivity index (χ3v) is 5.02. The Labute approximate surface area is 142 Å². The van der Waals surface area contributed by atoms with E-state index in [9.17, 15) is 18.0 Å². The minimum absolute atomic E-state index is 0.105. The first-order chi connectivity index (χ1) is 11.2. The minimum atomic E-state index is -3.61. The van der Waals surface area contributed by atoms with Gasteiger partial charge in [0.05, 0.1) is 4.90 Å². The van der Waals surface area contributed by atoms with Gasteiger partial charge >= 0.3 is 5.97 Å². The molecule has 132 valence electrons. The van der Waals surface area contributed by atoms with Crippen LogP contribution in [0.2, 0.25) is 0 Å². The molecule has 1 rings (SSSR count). The number of aryl methyl sites for hydroxylation is 1. The van der Waals surface area contributed by atoms with Gasteiger partial charge in [-0.05, 0) is 31.0 Å². The zero-order chi connectivity index (χ0) is 18.3. The van der Waals surface area contributed by atoms with Gasteiger partial charge in [0.2, 0.25) is 10.0 Å². The number of benzene rings is 1. The molecule has 0 saturated carbocycles. The number of hydrogen-bond donors (Lipinski definition) is 1. The monoisotopic (exact) mass is 354 g/mol. The Morgan fingerprint density at radius 1 is 1.29 bits per heavy atom. The summed E-state index contributed by atoms with van der Waals surface area (Å²) in [5.74, 6) is -1.16. The van der Waals surface area contributed by atoms with Crippen molar-refractivity contribution in [2.24, 2.45) is 0 Å². The third-order valence-electron chi connectivity index (χ3n) is 3.07. The molecule has 0 radical (unpaired) electrons. The zero-order valence-corrected chi connectivity index (χ0v) is 15.0. The number of nitrogens with zero attached hydrogens (tertiary/aromatic N) is 1. The topological polar surface area (TPSA) is 92.8 Å². The van der Waals surface area contributed by atoms with Gasteiger partial charge in [-0.3, -0.25) is 4.79 Å². The highest BCUT2D eigenvalue weighted by atomic mass is 32.2. The van der Waals surface area contributed by atoms with Crippen molar-refractivity contribution < 1.29 is 22.7 Å². The number of sulfonamides is 1. The van der Waals surface area contributed by atoms with Gasteiger partial charge in [0.15, 0.2) is 6.61 Å². The molecule has 1 aromatic rings. The van der Waals surface area contributed by atoms with Crippen LogP contribution in [0.3, 0.4) is 0 Å². The molecule has 0 atom stereocenters. The number of esters is 1. The normalized spacial score (nSPS) is 11.7. The van der Waals surface area contributed by atoms with Crippen LogP contribution in [0.4, 0.5) is 5.69 Å². The Bertz CT molecular complexity index is 739. The summed E-state index contributed by atoms with van der Waals surface area (Å²) >= 11 is 0. The van der Waals surface area contributed by atoms with Gasteiger partial charge in [-0.25, -0.2) is 17.5 Å². The largest absolute Gasteiger partial charge is 0.452 e. The Balaban J connectivity index is 2.81. The van der Waals surface area contributed by atoms with E-state index >= 15 is 0 Å². The maximum atomic E-state index is 12.2. The summed E-state index contributed by atoms with van der Waals surface area (Å²) in [6.45, 7) is 3.09. The van der Waals surface area contributed by atoms with Crippen molar-refractivity contribution in [2.75, 3.05) is 26.0 Å². The second-order valence-corrected chi connectivity index (χ2v) is 7.35. The molecular weight excluding hydrogens is 332 g/mol. The first-order valence-electron chi connectivity index (χ1n) is 7.34. The zero-order valence-electron chi connectivity index (χ0n) is 14.2. The van der Waals surface area contributed by atoms with E-state index in [0.717, 1.165) is 4.31 Å². The number of hydrogen-bond acceptors (Lipinski definition) is 5. The third kappa shape index (κ3) is 5.47. The molecule has 7 nitrogen and oxygen atoms in total. The first kappa shape index (κ1) is 19.9. The van der Waals surface area contributed by atoms with Gasteiger partial charge in [0, 0.05) is 25.9 Å². The summed E-state index contributed by atoms with van der Waals surface area (Å²) in [6.07, 6.45) is 3.56. The van der Waals surface area contributed by atoms with E-state index in [1.807, 2.05) is 6.92 Å². The van der Waals surface area contributed by atoms with Crippen LogP contribution in [0.25, 0.3) is 0 Å². The van der Waals surface area contributed by atoms with Gasteiger partial charge < -0.3 is 10.1 Å². The molecule has 0 spiro atoms. The van der Waals surface area contributed by atoms with Crippen LogP contribution in [0, 0.1) is 6.92 Å². The van der Waals surface area contributed by atoms with Crippen molar-refractivity contribution in [3.8, 4) is 0 Å². The molecule has 0 unspecified atom stereocenters. The lowest BCUT2D eigenvalue weighted by Gasteiger charge is -2.15. The Morgan fingerprint density at radius 2 is 1.96 bits per heavy atom. The van der Waals surface area contributed by atoms with Gasteiger partial charge in [0.1, 0.15) is 0 Å². The lowest BCUT2D eigenvalue weighted by molar-refractivity contribution is -0.142. The maximum absolute atomic E-state index is 12.2. The van der Waals surface area contributed by atoms with E-state index in [1.165, 1.54) is 26.2 Å². The summed E-state index contributed by atoms with van der Waals surface area (Å²) in [5.41, 5.74) is 0.879.